The standard InChI is InChI=1S/C28H31F4N5O2S/c1-18-17-35(11-10-34-18)12-13-39-24-7-6-22(14-19(24)8-9-29)37-26(40)36(25(38)27(37,2)3)21-5-4-20(16-33)23(15-21)28(30,31)32/h4-7,14-15,18,34H,8-13,17H2,1-3H3/t18-/m1/s1. The Hall–Kier alpha value is -3.27. The molecule has 2 aliphatic rings. The number of benzene rings is 2. The maximum Gasteiger partial charge on any atom is 0.417 e. The smallest absolute Gasteiger partial charge is 0.417 e. The quantitative estimate of drug-likeness (QED) is 0.361. The molecule has 1 N–H and O–H groups in total. The predicted molar refractivity (Wildman–Crippen MR) is 148 cm³/mol. The number of hydrogen-bond donors (Lipinski definition) is 1. The number of hydrogen-bond acceptors (Lipinski definition) is 6. The van der Waals surface area contributed by atoms with Crippen molar-refractivity contribution in [2.45, 2.75) is 44.9 Å². The molecule has 2 aromatic carbocycles. The summed E-state index contributed by atoms with van der Waals surface area (Å²) in [7, 11) is 0. The lowest BCUT2D eigenvalue weighted by atomic mass is 10.0. The van der Waals surface area contributed by atoms with Crippen LogP contribution in [0.5, 0.6) is 5.75 Å². The van der Waals surface area contributed by atoms with Gasteiger partial charge in [-0.25, -0.2) is 0 Å². The minimum atomic E-state index is -4.79. The molecule has 2 heterocycles. The van der Waals surface area contributed by atoms with Crippen LogP contribution in [-0.2, 0) is 17.4 Å². The Labute approximate surface area is 236 Å². The number of nitrogens with one attached hydrogen (secondary N) is 1. The van der Waals surface area contributed by atoms with Gasteiger partial charge in [0.1, 0.15) is 17.9 Å². The minimum absolute atomic E-state index is 0.0273. The van der Waals surface area contributed by atoms with Crippen LogP contribution in [0.15, 0.2) is 36.4 Å². The topological polar surface area (TPSA) is 71.8 Å². The fraction of sp³-hybridized carbons (Fsp3) is 0.464. The molecule has 0 aromatic heterocycles. The van der Waals surface area contributed by atoms with Gasteiger partial charge in [-0.05, 0) is 75.0 Å². The van der Waals surface area contributed by atoms with Crippen molar-refractivity contribution < 1.29 is 27.1 Å². The maximum absolute atomic E-state index is 13.6. The van der Waals surface area contributed by atoms with E-state index in [-0.39, 0.29) is 17.2 Å². The second-order valence-electron chi connectivity index (χ2n) is 10.4. The van der Waals surface area contributed by atoms with E-state index < -0.39 is 35.4 Å². The molecule has 0 spiro atoms. The summed E-state index contributed by atoms with van der Waals surface area (Å²) in [4.78, 5) is 18.4. The van der Waals surface area contributed by atoms with Crippen LogP contribution in [0.1, 0.15) is 37.5 Å². The van der Waals surface area contributed by atoms with Crippen LogP contribution >= 0.6 is 12.2 Å². The molecular weight excluding hydrogens is 546 g/mol. The number of carbonyl (C=O) groups is 1. The lowest BCUT2D eigenvalue weighted by molar-refractivity contribution is -0.137. The molecule has 0 radical (unpaired) electrons. The fourth-order valence-electron chi connectivity index (χ4n) is 5.10. The van der Waals surface area contributed by atoms with Crippen LogP contribution in [-0.4, -0.2) is 67.0 Å². The van der Waals surface area contributed by atoms with Crippen molar-refractivity contribution in [3.63, 3.8) is 0 Å². The Morgan fingerprint density at radius 1 is 1.20 bits per heavy atom. The van der Waals surface area contributed by atoms with E-state index >= 15 is 0 Å². The van der Waals surface area contributed by atoms with Crippen LogP contribution in [0.2, 0.25) is 0 Å². The molecule has 7 nitrogen and oxygen atoms in total. The van der Waals surface area contributed by atoms with Gasteiger partial charge in [-0.1, -0.05) is 0 Å². The zero-order chi connectivity index (χ0) is 29.2. The molecule has 0 aliphatic carbocycles. The largest absolute Gasteiger partial charge is 0.492 e. The highest BCUT2D eigenvalue weighted by Gasteiger charge is 2.50. The first-order chi connectivity index (χ1) is 18.9. The molecule has 2 aliphatic heterocycles. The highest BCUT2D eigenvalue weighted by atomic mass is 32.1. The van der Waals surface area contributed by atoms with E-state index in [1.807, 2.05) is 0 Å². The molecule has 214 valence electrons. The van der Waals surface area contributed by atoms with Gasteiger partial charge in [0.05, 0.1) is 29.6 Å². The van der Waals surface area contributed by atoms with Gasteiger partial charge in [-0.15, -0.1) is 0 Å². The zero-order valence-electron chi connectivity index (χ0n) is 22.5. The summed E-state index contributed by atoms with van der Waals surface area (Å²) in [5, 5.41) is 12.5. The van der Waals surface area contributed by atoms with E-state index in [0.717, 1.165) is 43.2 Å². The van der Waals surface area contributed by atoms with Gasteiger partial charge in [0.15, 0.2) is 5.11 Å². The summed E-state index contributed by atoms with van der Waals surface area (Å²) in [5.41, 5.74) is -1.97. The normalized spacial score (nSPS) is 19.7. The molecule has 40 heavy (non-hydrogen) atoms. The van der Waals surface area contributed by atoms with Crippen molar-refractivity contribution in [1.29, 1.82) is 5.26 Å². The van der Waals surface area contributed by atoms with Crippen LogP contribution in [0.4, 0.5) is 28.9 Å². The molecule has 1 atom stereocenters. The van der Waals surface area contributed by atoms with Crippen molar-refractivity contribution in [2.24, 2.45) is 0 Å². The van der Waals surface area contributed by atoms with Crippen molar-refractivity contribution in [3.05, 3.63) is 53.1 Å². The predicted octanol–water partition coefficient (Wildman–Crippen LogP) is 4.68. The van der Waals surface area contributed by atoms with Gasteiger partial charge >= 0.3 is 6.18 Å². The summed E-state index contributed by atoms with van der Waals surface area (Å²) in [5.74, 6) is -0.00875. The van der Waals surface area contributed by atoms with Gasteiger partial charge in [0.2, 0.25) is 0 Å². The Balaban J connectivity index is 1.60. The molecule has 1 amide bonds. The van der Waals surface area contributed by atoms with Gasteiger partial charge in [-0.3, -0.25) is 19.0 Å². The van der Waals surface area contributed by atoms with E-state index in [1.54, 1.807) is 36.9 Å². The number of alkyl halides is 4. The zero-order valence-corrected chi connectivity index (χ0v) is 23.3. The second-order valence-corrected chi connectivity index (χ2v) is 10.8. The summed E-state index contributed by atoms with van der Waals surface area (Å²) in [6.07, 6.45) is -4.71. The lowest BCUT2D eigenvalue weighted by Crippen LogP contribution is -2.50. The Kier molecular flexibility index (Phi) is 8.68. The minimum Gasteiger partial charge on any atom is -0.492 e. The number of nitrogens with zero attached hydrogens (tertiary/aromatic N) is 4. The van der Waals surface area contributed by atoms with Crippen molar-refractivity contribution in [3.8, 4) is 11.8 Å². The average Bonchev–Trinajstić information content (AvgIpc) is 3.07. The lowest BCUT2D eigenvalue weighted by Gasteiger charge is -2.32. The first-order valence-corrected chi connectivity index (χ1v) is 13.4. The first-order valence-electron chi connectivity index (χ1n) is 13.0. The molecular formula is C28H31F4N5O2S. The van der Waals surface area contributed by atoms with Gasteiger partial charge in [0, 0.05) is 44.3 Å². The van der Waals surface area contributed by atoms with Crippen LogP contribution in [0.3, 0.4) is 0 Å². The van der Waals surface area contributed by atoms with E-state index in [1.165, 1.54) is 12.1 Å². The van der Waals surface area contributed by atoms with Crippen LogP contribution in [0.25, 0.3) is 0 Å². The fourth-order valence-corrected chi connectivity index (χ4v) is 5.62. The summed E-state index contributed by atoms with van der Waals surface area (Å²) in [6.45, 7) is 8.61. The van der Waals surface area contributed by atoms with E-state index in [0.29, 0.717) is 29.6 Å². The van der Waals surface area contributed by atoms with Crippen molar-refractivity contribution in [1.82, 2.24) is 10.2 Å². The number of amides is 1. The number of anilines is 2. The highest BCUT2D eigenvalue weighted by Crippen LogP contribution is 2.40. The monoisotopic (exact) mass is 577 g/mol. The third kappa shape index (κ3) is 5.92. The maximum atomic E-state index is 13.6. The molecule has 0 unspecified atom stereocenters. The number of halogens is 4. The Bertz CT molecular complexity index is 1330. The highest BCUT2D eigenvalue weighted by molar-refractivity contribution is 7.81. The summed E-state index contributed by atoms with van der Waals surface area (Å²) in [6, 6.07) is 10.1. The van der Waals surface area contributed by atoms with Crippen molar-refractivity contribution >= 4 is 34.6 Å². The number of ether oxygens (including phenoxy) is 1. The number of aryl methyl sites for hydroxylation is 1. The first kappa shape index (κ1) is 29.7. The van der Waals surface area contributed by atoms with Crippen LogP contribution in [0, 0.1) is 11.3 Å². The Morgan fingerprint density at radius 3 is 2.58 bits per heavy atom. The summed E-state index contributed by atoms with van der Waals surface area (Å²) < 4.78 is 60.4. The molecule has 2 saturated heterocycles. The summed E-state index contributed by atoms with van der Waals surface area (Å²) >= 11 is 5.61. The molecule has 12 heteroatoms. The van der Waals surface area contributed by atoms with E-state index in [9.17, 15) is 22.4 Å². The molecule has 2 fully saturated rings. The number of thiocarbonyl (C=S) groups is 1. The van der Waals surface area contributed by atoms with E-state index in [2.05, 4.69) is 17.1 Å². The van der Waals surface area contributed by atoms with Gasteiger partial charge in [-0.2, -0.15) is 18.4 Å². The molecule has 4 rings (SSSR count). The van der Waals surface area contributed by atoms with E-state index in [4.69, 9.17) is 22.2 Å². The number of piperazine rings is 1. The van der Waals surface area contributed by atoms with Crippen LogP contribution < -0.4 is 19.9 Å². The number of rotatable bonds is 8. The number of nitriles is 1. The van der Waals surface area contributed by atoms with Gasteiger partial charge in [0.25, 0.3) is 5.91 Å². The Morgan fingerprint density at radius 2 is 1.93 bits per heavy atom. The van der Waals surface area contributed by atoms with Crippen molar-refractivity contribution in [2.75, 3.05) is 49.3 Å². The third-order valence-electron chi connectivity index (χ3n) is 7.14. The molecule has 0 saturated carbocycles. The van der Waals surface area contributed by atoms with Gasteiger partial charge < -0.3 is 15.0 Å². The number of carbonyl (C=O) groups excluding carboxylic acids is 1. The average molecular weight is 578 g/mol. The third-order valence-corrected chi connectivity index (χ3v) is 7.50. The molecule has 2 aromatic rings. The SMILES string of the molecule is C[C@@H]1CN(CCOc2ccc(N3C(=S)N(c4ccc(C#N)c(C(F)(F)F)c4)C(=O)C3(C)C)cc2CCF)CCN1. The molecule has 0 bridgehead atoms. The second kappa shape index (κ2) is 11.7.